The molecular weight excluding hydrogens is 304 g/mol. The van der Waals surface area contributed by atoms with Gasteiger partial charge in [-0.1, -0.05) is 6.07 Å². The molecule has 1 saturated heterocycles. The van der Waals surface area contributed by atoms with E-state index in [9.17, 15) is 4.79 Å². The van der Waals surface area contributed by atoms with Crippen LogP contribution in [0.25, 0.3) is 5.52 Å². The summed E-state index contributed by atoms with van der Waals surface area (Å²) in [5.41, 5.74) is 1.62. The minimum Gasteiger partial charge on any atom is -0.367 e. The molecule has 6 heteroatoms. The fraction of sp³-hybridized carbons (Fsp3) is 0.556. The molecule has 0 aliphatic carbocycles. The van der Waals surface area contributed by atoms with E-state index in [1.54, 1.807) is 0 Å². The van der Waals surface area contributed by atoms with Crippen LogP contribution in [-0.4, -0.2) is 53.0 Å². The molecule has 6 nitrogen and oxygen atoms in total. The Morgan fingerprint density at radius 2 is 2.25 bits per heavy atom. The molecule has 1 unspecified atom stereocenters. The van der Waals surface area contributed by atoms with E-state index in [0.29, 0.717) is 13.2 Å². The van der Waals surface area contributed by atoms with Crippen molar-refractivity contribution in [2.45, 2.75) is 38.8 Å². The Morgan fingerprint density at radius 1 is 1.46 bits per heavy atom. The van der Waals surface area contributed by atoms with Crippen LogP contribution < -0.4 is 5.32 Å². The van der Waals surface area contributed by atoms with Crippen molar-refractivity contribution in [3.63, 3.8) is 0 Å². The number of nitrogens with one attached hydrogen (secondary N) is 1. The Hall–Kier alpha value is -1.92. The first-order chi connectivity index (χ1) is 11.4. The molecule has 1 aliphatic rings. The number of carbonyl (C=O) groups is 1. The van der Waals surface area contributed by atoms with Gasteiger partial charge in [0.15, 0.2) is 0 Å². The second kappa shape index (κ2) is 6.53. The van der Waals surface area contributed by atoms with Crippen LogP contribution in [-0.2, 0) is 15.1 Å². The van der Waals surface area contributed by atoms with Crippen molar-refractivity contribution in [3.8, 4) is 0 Å². The molecule has 0 aromatic carbocycles. The Balaban J connectivity index is 1.82. The first kappa shape index (κ1) is 16.9. The molecule has 1 N–H and O–H groups in total. The number of aryl methyl sites for hydroxylation is 1. The summed E-state index contributed by atoms with van der Waals surface area (Å²) >= 11 is 0. The molecule has 130 valence electrons. The zero-order chi connectivity index (χ0) is 17.3. The second-order valence-corrected chi connectivity index (χ2v) is 7.12. The lowest BCUT2D eigenvalue weighted by molar-refractivity contribution is -0.134. The Kier molecular flexibility index (Phi) is 4.60. The Morgan fingerprint density at radius 3 is 3.04 bits per heavy atom. The third-order valence-electron chi connectivity index (χ3n) is 4.55. The summed E-state index contributed by atoms with van der Waals surface area (Å²) in [6.45, 7) is 8.20. The fourth-order valence-electron chi connectivity index (χ4n) is 3.21. The number of hydrogen-bond donors (Lipinski definition) is 1. The number of imidazole rings is 1. The molecular formula is C18H26N4O2. The molecule has 1 atom stereocenters. The second-order valence-electron chi connectivity index (χ2n) is 7.12. The van der Waals surface area contributed by atoms with E-state index in [-0.39, 0.29) is 5.91 Å². The SMILES string of the molecule is Cc1cccn2c(C(C)(C)NC(=O)C3CN(C)CCCO3)ncc12. The zero-order valence-corrected chi connectivity index (χ0v) is 14.9. The molecule has 1 amide bonds. The van der Waals surface area contributed by atoms with E-state index in [1.165, 1.54) is 0 Å². The molecule has 3 rings (SSSR count). The number of nitrogens with zero attached hydrogens (tertiary/aromatic N) is 3. The molecule has 2 aromatic heterocycles. The van der Waals surface area contributed by atoms with Crippen molar-refractivity contribution in [3.05, 3.63) is 35.9 Å². The molecule has 0 saturated carbocycles. The first-order valence-corrected chi connectivity index (χ1v) is 8.44. The quantitative estimate of drug-likeness (QED) is 0.931. The minimum absolute atomic E-state index is 0.0850. The molecule has 1 aliphatic heterocycles. The lowest BCUT2D eigenvalue weighted by Gasteiger charge is -2.28. The molecule has 0 bridgehead atoms. The number of fused-ring (bicyclic) bond motifs is 1. The van der Waals surface area contributed by atoms with E-state index in [2.05, 4.69) is 28.2 Å². The highest BCUT2D eigenvalue weighted by molar-refractivity contribution is 5.82. The van der Waals surface area contributed by atoms with E-state index in [1.807, 2.05) is 43.8 Å². The number of amides is 1. The summed E-state index contributed by atoms with van der Waals surface area (Å²) in [6, 6.07) is 4.05. The van der Waals surface area contributed by atoms with Gasteiger partial charge in [0.1, 0.15) is 11.9 Å². The van der Waals surface area contributed by atoms with Gasteiger partial charge >= 0.3 is 0 Å². The maximum absolute atomic E-state index is 12.7. The summed E-state index contributed by atoms with van der Waals surface area (Å²) in [7, 11) is 2.02. The predicted molar refractivity (Wildman–Crippen MR) is 93.0 cm³/mol. The number of pyridine rings is 1. The van der Waals surface area contributed by atoms with Gasteiger partial charge in [-0.3, -0.25) is 4.79 Å². The third-order valence-corrected chi connectivity index (χ3v) is 4.55. The normalized spacial score (nSPS) is 20.1. The maximum atomic E-state index is 12.7. The highest BCUT2D eigenvalue weighted by Gasteiger charge is 2.32. The van der Waals surface area contributed by atoms with Crippen molar-refractivity contribution in [1.29, 1.82) is 0 Å². The van der Waals surface area contributed by atoms with E-state index in [4.69, 9.17) is 4.74 Å². The number of hydrogen-bond acceptors (Lipinski definition) is 4. The van der Waals surface area contributed by atoms with Crippen molar-refractivity contribution in [2.24, 2.45) is 0 Å². The van der Waals surface area contributed by atoms with E-state index in [0.717, 1.165) is 29.9 Å². The largest absolute Gasteiger partial charge is 0.367 e. The van der Waals surface area contributed by atoms with Gasteiger partial charge in [-0.2, -0.15) is 0 Å². The van der Waals surface area contributed by atoms with Gasteiger partial charge in [-0.15, -0.1) is 0 Å². The van der Waals surface area contributed by atoms with Crippen LogP contribution in [0.4, 0.5) is 0 Å². The van der Waals surface area contributed by atoms with E-state index < -0.39 is 11.6 Å². The first-order valence-electron chi connectivity index (χ1n) is 8.44. The molecule has 0 radical (unpaired) electrons. The van der Waals surface area contributed by atoms with Crippen LogP contribution >= 0.6 is 0 Å². The lowest BCUT2D eigenvalue weighted by atomic mass is 10.0. The van der Waals surface area contributed by atoms with Gasteiger partial charge in [0, 0.05) is 25.9 Å². The standard InChI is InChI=1S/C18H26N4O2/c1-13-7-5-9-22-14(13)11-19-17(22)18(2,3)20-16(23)15-12-21(4)8-6-10-24-15/h5,7,9,11,15H,6,8,10,12H2,1-4H3,(H,20,23). The Bertz CT molecular complexity index is 738. The molecule has 24 heavy (non-hydrogen) atoms. The summed E-state index contributed by atoms with van der Waals surface area (Å²) in [6.07, 6.45) is 4.35. The average Bonchev–Trinajstić information content (AvgIpc) is 2.85. The lowest BCUT2D eigenvalue weighted by Crippen LogP contribution is -2.50. The van der Waals surface area contributed by atoms with Crippen LogP contribution in [0.3, 0.4) is 0 Å². The van der Waals surface area contributed by atoms with Crippen LogP contribution in [0, 0.1) is 6.92 Å². The Labute approximate surface area is 142 Å². The third kappa shape index (κ3) is 3.30. The highest BCUT2D eigenvalue weighted by atomic mass is 16.5. The summed E-state index contributed by atoms with van der Waals surface area (Å²) in [4.78, 5) is 19.4. The van der Waals surface area contributed by atoms with Gasteiger partial charge < -0.3 is 19.4 Å². The summed E-state index contributed by atoms with van der Waals surface area (Å²) in [5, 5.41) is 3.11. The summed E-state index contributed by atoms with van der Waals surface area (Å²) < 4.78 is 7.76. The highest BCUT2D eigenvalue weighted by Crippen LogP contribution is 2.22. The van der Waals surface area contributed by atoms with Crippen LogP contribution in [0.5, 0.6) is 0 Å². The number of carbonyl (C=O) groups excluding carboxylic acids is 1. The zero-order valence-electron chi connectivity index (χ0n) is 14.9. The monoisotopic (exact) mass is 330 g/mol. The van der Waals surface area contributed by atoms with Gasteiger partial charge in [-0.05, 0) is 45.9 Å². The van der Waals surface area contributed by atoms with Gasteiger partial charge in [0.2, 0.25) is 0 Å². The molecule has 0 spiro atoms. The van der Waals surface area contributed by atoms with Gasteiger partial charge in [0.25, 0.3) is 5.91 Å². The van der Waals surface area contributed by atoms with Crippen LogP contribution in [0.2, 0.25) is 0 Å². The summed E-state index contributed by atoms with van der Waals surface area (Å²) in [5.74, 6) is 0.731. The molecule has 1 fully saturated rings. The fourth-order valence-corrected chi connectivity index (χ4v) is 3.21. The van der Waals surface area contributed by atoms with Crippen molar-refractivity contribution < 1.29 is 9.53 Å². The van der Waals surface area contributed by atoms with Gasteiger partial charge in [0.05, 0.1) is 17.3 Å². The topological polar surface area (TPSA) is 58.9 Å². The smallest absolute Gasteiger partial charge is 0.251 e. The van der Waals surface area contributed by atoms with Crippen molar-refractivity contribution >= 4 is 11.4 Å². The molecule has 3 heterocycles. The van der Waals surface area contributed by atoms with Crippen molar-refractivity contribution in [2.75, 3.05) is 26.7 Å². The van der Waals surface area contributed by atoms with Crippen LogP contribution in [0.15, 0.2) is 24.5 Å². The number of rotatable bonds is 3. The van der Waals surface area contributed by atoms with Crippen molar-refractivity contribution in [1.82, 2.24) is 19.6 Å². The number of aromatic nitrogens is 2. The minimum atomic E-state index is -0.592. The number of likely N-dealkylation sites (N-methyl/N-ethyl adjacent to an activating group) is 1. The number of ether oxygens (including phenoxy) is 1. The van der Waals surface area contributed by atoms with Crippen LogP contribution in [0.1, 0.15) is 31.7 Å². The average molecular weight is 330 g/mol. The maximum Gasteiger partial charge on any atom is 0.251 e. The van der Waals surface area contributed by atoms with E-state index >= 15 is 0 Å². The van der Waals surface area contributed by atoms with Gasteiger partial charge in [-0.25, -0.2) is 4.98 Å². The molecule has 2 aromatic rings. The predicted octanol–water partition coefficient (Wildman–Crippen LogP) is 1.71.